The largest absolute Gasteiger partial charge is 0.375 e. The van der Waals surface area contributed by atoms with Crippen molar-refractivity contribution in [2.24, 2.45) is 0 Å². The quantitative estimate of drug-likeness (QED) is 0.631. The van der Waals surface area contributed by atoms with E-state index in [0.29, 0.717) is 0 Å². The van der Waals surface area contributed by atoms with Crippen molar-refractivity contribution < 1.29 is 0 Å². The lowest BCUT2D eigenvalue weighted by Gasteiger charge is -2.33. The van der Waals surface area contributed by atoms with E-state index < -0.39 is 0 Å². The minimum Gasteiger partial charge on any atom is -0.375 e. The van der Waals surface area contributed by atoms with E-state index in [1.54, 1.807) is 0 Å². The van der Waals surface area contributed by atoms with Crippen LogP contribution in [0.2, 0.25) is 0 Å². The zero-order valence-electron chi connectivity index (χ0n) is 14.7. The van der Waals surface area contributed by atoms with Crippen molar-refractivity contribution >= 4 is 0 Å². The molecule has 0 heterocycles. The number of hydrogen-bond acceptors (Lipinski definition) is 2. The summed E-state index contributed by atoms with van der Waals surface area (Å²) in [6.45, 7) is 16.5. The molecule has 22 heavy (non-hydrogen) atoms. The maximum Gasteiger partial charge on any atom is 0.0916 e. The smallest absolute Gasteiger partial charge is 0.0916 e. The monoisotopic (exact) mass is 298 g/mol. The van der Waals surface area contributed by atoms with Crippen LogP contribution in [0.5, 0.6) is 0 Å². The first kappa shape index (κ1) is 18.1. The highest BCUT2D eigenvalue weighted by Gasteiger charge is 2.29. The third kappa shape index (κ3) is 4.27. The average molecular weight is 298 g/mol. The van der Waals surface area contributed by atoms with E-state index in [1.807, 2.05) is 19.2 Å². The standard InChI is InChI=1S/C20H30N2/c1-8-10-11-19(15(3)4)17-12-13-18(14-17)20(6,9-2)22-16(5)21-7/h8,10-12,14,21-22H,1,5,9,13H2,2-4,6-7H3/b11-10-. The molecular formula is C20H30N2. The fraction of sp³-hybridized carbons (Fsp3) is 0.400. The maximum absolute atomic E-state index is 4.00. The van der Waals surface area contributed by atoms with Crippen molar-refractivity contribution in [3.63, 3.8) is 0 Å². The van der Waals surface area contributed by atoms with Gasteiger partial charge in [0.2, 0.25) is 0 Å². The van der Waals surface area contributed by atoms with Gasteiger partial charge in [0.1, 0.15) is 0 Å². The third-order valence-corrected chi connectivity index (χ3v) is 4.26. The van der Waals surface area contributed by atoms with Gasteiger partial charge in [0.05, 0.1) is 11.4 Å². The number of hydrogen-bond donors (Lipinski definition) is 2. The van der Waals surface area contributed by atoms with Gasteiger partial charge in [-0.05, 0) is 50.3 Å². The van der Waals surface area contributed by atoms with Gasteiger partial charge in [0.15, 0.2) is 0 Å². The van der Waals surface area contributed by atoms with E-state index in [1.165, 1.54) is 22.3 Å². The first-order valence-corrected chi connectivity index (χ1v) is 7.91. The molecule has 1 unspecified atom stereocenters. The predicted molar refractivity (Wildman–Crippen MR) is 98.5 cm³/mol. The molecule has 2 nitrogen and oxygen atoms in total. The van der Waals surface area contributed by atoms with E-state index >= 15 is 0 Å². The van der Waals surface area contributed by atoms with Crippen LogP contribution in [0.1, 0.15) is 40.5 Å². The molecule has 0 spiro atoms. The van der Waals surface area contributed by atoms with Crippen LogP contribution >= 0.6 is 0 Å². The lowest BCUT2D eigenvalue weighted by atomic mass is 9.87. The van der Waals surface area contributed by atoms with Gasteiger partial charge in [-0.25, -0.2) is 0 Å². The summed E-state index contributed by atoms with van der Waals surface area (Å²) in [5.41, 5.74) is 5.21. The van der Waals surface area contributed by atoms with Crippen LogP contribution in [0, 0.1) is 0 Å². The van der Waals surface area contributed by atoms with Gasteiger partial charge in [-0.15, -0.1) is 0 Å². The summed E-state index contributed by atoms with van der Waals surface area (Å²) >= 11 is 0. The summed E-state index contributed by atoms with van der Waals surface area (Å²) < 4.78 is 0. The van der Waals surface area contributed by atoms with E-state index in [-0.39, 0.29) is 5.54 Å². The SMILES string of the molecule is C=C/C=C\C(C1=CCC(C(C)(CC)NC(=C)NC)=C1)=C(C)C. The summed E-state index contributed by atoms with van der Waals surface area (Å²) in [4.78, 5) is 0. The Morgan fingerprint density at radius 2 is 2.09 bits per heavy atom. The van der Waals surface area contributed by atoms with Crippen molar-refractivity contribution in [2.75, 3.05) is 7.05 Å². The molecule has 0 saturated heterocycles. The second-order valence-electron chi connectivity index (χ2n) is 6.08. The summed E-state index contributed by atoms with van der Waals surface area (Å²) in [5, 5.41) is 6.59. The average Bonchev–Trinajstić information content (AvgIpc) is 2.97. The summed E-state index contributed by atoms with van der Waals surface area (Å²) in [6, 6.07) is 0. The normalized spacial score (nSPS) is 16.6. The molecule has 0 saturated carbocycles. The second-order valence-corrected chi connectivity index (χ2v) is 6.08. The van der Waals surface area contributed by atoms with Crippen molar-refractivity contribution in [1.29, 1.82) is 0 Å². The van der Waals surface area contributed by atoms with Crippen LogP contribution in [0.3, 0.4) is 0 Å². The van der Waals surface area contributed by atoms with Crippen LogP contribution in [-0.2, 0) is 0 Å². The zero-order valence-corrected chi connectivity index (χ0v) is 14.7. The van der Waals surface area contributed by atoms with Gasteiger partial charge in [-0.2, -0.15) is 0 Å². The molecule has 0 aliphatic heterocycles. The molecule has 2 heteroatoms. The van der Waals surface area contributed by atoms with Crippen molar-refractivity contribution in [3.05, 3.63) is 71.7 Å². The van der Waals surface area contributed by atoms with Gasteiger partial charge in [0, 0.05) is 7.05 Å². The molecule has 2 N–H and O–H groups in total. The summed E-state index contributed by atoms with van der Waals surface area (Å²) in [5.74, 6) is 0.854. The summed E-state index contributed by atoms with van der Waals surface area (Å²) in [7, 11) is 1.89. The molecule has 1 aliphatic rings. The molecule has 0 radical (unpaired) electrons. The van der Waals surface area contributed by atoms with Crippen LogP contribution in [0.4, 0.5) is 0 Å². The minimum atomic E-state index is -0.0761. The predicted octanol–water partition coefficient (Wildman–Crippen LogP) is 4.77. The fourth-order valence-electron chi connectivity index (χ4n) is 2.60. The highest BCUT2D eigenvalue weighted by molar-refractivity contribution is 5.55. The van der Waals surface area contributed by atoms with Crippen LogP contribution in [0.15, 0.2) is 71.7 Å². The Kier molecular flexibility index (Phi) is 6.48. The van der Waals surface area contributed by atoms with Crippen molar-refractivity contribution in [2.45, 2.75) is 46.1 Å². The molecule has 0 amide bonds. The number of allylic oxidation sites excluding steroid dienone is 8. The Balaban J connectivity index is 3.07. The van der Waals surface area contributed by atoms with Crippen LogP contribution in [-0.4, -0.2) is 12.6 Å². The molecule has 1 atom stereocenters. The highest BCUT2D eigenvalue weighted by atomic mass is 15.1. The molecular weight excluding hydrogens is 268 g/mol. The molecule has 0 aromatic carbocycles. The van der Waals surface area contributed by atoms with Crippen molar-refractivity contribution in [3.8, 4) is 0 Å². The van der Waals surface area contributed by atoms with Gasteiger partial charge >= 0.3 is 0 Å². The van der Waals surface area contributed by atoms with E-state index in [0.717, 1.165) is 18.7 Å². The first-order chi connectivity index (χ1) is 10.4. The Hall–Kier alpha value is -1.96. The Labute approximate surface area is 136 Å². The number of rotatable bonds is 8. The molecule has 120 valence electrons. The Bertz CT molecular complexity index is 554. The van der Waals surface area contributed by atoms with Crippen LogP contribution in [0.25, 0.3) is 0 Å². The van der Waals surface area contributed by atoms with Gasteiger partial charge in [0.25, 0.3) is 0 Å². The second kappa shape index (κ2) is 7.88. The van der Waals surface area contributed by atoms with Crippen LogP contribution < -0.4 is 10.6 Å². The zero-order chi connectivity index (χ0) is 16.8. The molecule has 1 aliphatic carbocycles. The fourth-order valence-corrected chi connectivity index (χ4v) is 2.60. The lowest BCUT2D eigenvalue weighted by molar-refractivity contribution is 0.425. The molecule has 0 fully saturated rings. The lowest BCUT2D eigenvalue weighted by Crippen LogP contribution is -2.45. The van der Waals surface area contributed by atoms with Gasteiger partial charge in [-0.1, -0.05) is 56.0 Å². The molecule has 0 aromatic rings. The number of nitrogens with one attached hydrogen (secondary N) is 2. The topological polar surface area (TPSA) is 24.1 Å². The maximum atomic E-state index is 4.00. The highest BCUT2D eigenvalue weighted by Crippen LogP contribution is 2.34. The molecule has 1 rings (SSSR count). The first-order valence-electron chi connectivity index (χ1n) is 7.91. The van der Waals surface area contributed by atoms with Gasteiger partial charge < -0.3 is 10.6 Å². The Morgan fingerprint density at radius 3 is 2.59 bits per heavy atom. The Morgan fingerprint density at radius 1 is 1.41 bits per heavy atom. The summed E-state index contributed by atoms with van der Waals surface area (Å²) in [6.07, 6.45) is 12.6. The van der Waals surface area contributed by atoms with E-state index in [9.17, 15) is 0 Å². The molecule has 0 aromatic heterocycles. The minimum absolute atomic E-state index is 0.0761. The van der Waals surface area contributed by atoms with E-state index in [4.69, 9.17) is 0 Å². The van der Waals surface area contributed by atoms with E-state index in [2.05, 4.69) is 69.7 Å². The van der Waals surface area contributed by atoms with Gasteiger partial charge in [-0.3, -0.25) is 0 Å². The van der Waals surface area contributed by atoms with Crippen molar-refractivity contribution in [1.82, 2.24) is 10.6 Å². The third-order valence-electron chi connectivity index (χ3n) is 4.26. The molecule has 0 bridgehead atoms.